The molecule has 102 valence electrons. The summed E-state index contributed by atoms with van der Waals surface area (Å²) in [7, 11) is 0. The summed E-state index contributed by atoms with van der Waals surface area (Å²) in [6.07, 6.45) is 2.22. The molecule has 0 heterocycles. The van der Waals surface area contributed by atoms with Crippen molar-refractivity contribution in [3.8, 4) is 0 Å². The highest BCUT2D eigenvalue weighted by Crippen LogP contribution is 2.66. The van der Waals surface area contributed by atoms with Gasteiger partial charge in [-0.25, -0.2) is 0 Å². The number of carbonyl (C=O) groups is 1. The minimum Gasteiger partial charge on any atom is -0.459 e. The van der Waals surface area contributed by atoms with Crippen LogP contribution in [-0.4, -0.2) is 43.7 Å². The molecule has 4 saturated carbocycles. The van der Waals surface area contributed by atoms with Crippen LogP contribution in [0.15, 0.2) is 0 Å². The van der Waals surface area contributed by atoms with E-state index in [-0.39, 0.29) is 31.7 Å². The Hall–Kier alpha value is -0.650. The molecule has 0 saturated heterocycles. The third kappa shape index (κ3) is 1.47. The van der Waals surface area contributed by atoms with E-state index in [2.05, 4.69) is 0 Å². The van der Waals surface area contributed by atoms with Crippen LogP contribution < -0.4 is 0 Å². The number of carbonyl (C=O) groups excluding carboxylic acids is 1. The van der Waals surface area contributed by atoms with Crippen LogP contribution >= 0.6 is 0 Å². The van der Waals surface area contributed by atoms with Crippen LogP contribution in [0.25, 0.3) is 0 Å². The highest BCUT2D eigenvalue weighted by atomic mass is 16.6. The minimum absolute atomic E-state index is 0.184. The molecule has 2 unspecified atom stereocenters. The number of hydrogen-bond donors (Lipinski definition) is 3. The molecular formula is C13H20O5. The summed E-state index contributed by atoms with van der Waals surface area (Å²) >= 11 is 0. The van der Waals surface area contributed by atoms with E-state index < -0.39 is 22.4 Å². The van der Waals surface area contributed by atoms with Crippen LogP contribution in [0, 0.1) is 0 Å². The van der Waals surface area contributed by atoms with E-state index in [0.29, 0.717) is 19.3 Å². The maximum atomic E-state index is 11.7. The number of esters is 1. The number of rotatable bonds is 3. The molecular weight excluding hydrogens is 236 g/mol. The molecule has 0 aliphatic heterocycles. The van der Waals surface area contributed by atoms with E-state index in [9.17, 15) is 20.1 Å². The fourth-order valence-corrected chi connectivity index (χ4v) is 4.52. The van der Waals surface area contributed by atoms with Gasteiger partial charge >= 0.3 is 5.97 Å². The fourth-order valence-electron chi connectivity index (χ4n) is 4.52. The quantitative estimate of drug-likeness (QED) is 0.630. The maximum Gasteiger partial charge on any atom is 0.306 e. The lowest BCUT2D eigenvalue weighted by Gasteiger charge is -2.43. The zero-order chi connectivity index (χ0) is 13.2. The summed E-state index contributed by atoms with van der Waals surface area (Å²) in [6.45, 7) is 1.89. The van der Waals surface area contributed by atoms with Gasteiger partial charge in [0, 0.05) is 38.5 Å². The average Bonchev–Trinajstić information content (AvgIpc) is 2.35. The Bertz CT molecular complexity index is 386. The Labute approximate surface area is 106 Å². The van der Waals surface area contributed by atoms with Crippen LogP contribution in [-0.2, 0) is 9.53 Å². The summed E-state index contributed by atoms with van der Waals surface area (Å²) < 4.78 is 5.49. The number of hydrogen-bond acceptors (Lipinski definition) is 5. The van der Waals surface area contributed by atoms with E-state index in [1.165, 1.54) is 0 Å². The first-order valence-corrected chi connectivity index (χ1v) is 6.63. The molecule has 18 heavy (non-hydrogen) atoms. The maximum absolute atomic E-state index is 11.7. The van der Waals surface area contributed by atoms with Crippen molar-refractivity contribution in [2.75, 3.05) is 0 Å². The largest absolute Gasteiger partial charge is 0.459 e. The topological polar surface area (TPSA) is 87.0 Å². The normalized spacial score (nSPS) is 52.9. The van der Waals surface area contributed by atoms with Crippen molar-refractivity contribution < 1.29 is 24.9 Å². The molecule has 0 aromatic rings. The summed E-state index contributed by atoms with van der Waals surface area (Å²) in [5.41, 5.74) is -4.56. The van der Waals surface area contributed by atoms with E-state index in [1.807, 2.05) is 6.92 Å². The first-order chi connectivity index (χ1) is 8.24. The molecule has 4 fully saturated rings. The molecule has 4 aliphatic rings. The van der Waals surface area contributed by atoms with Gasteiger partial charge in [0.25, 0.3) is 0 Å². The molecule has 5 heteroatoms. The van der Waals surface area contributed by atoms with Gasteiger partial charge in [0.05, 0.1) is 5.60 Å². The summed E-state index contributed by atoms with van der Waals surface area (Å²) in [4.78, 5) is 11.7. The van der Waals surface area contributed by atoms with Crippen molar-refractivity contribution in [2.24, 2.45) is 0 Å². The van der Waals surface area contributed by atoms with Crippen LogP contribution in [0.4, 0.5) is 0 Å². The predicted molar refractivity (Wildman–Crippen MR) is 61.7 cm³/mol. The van der Waals surface area contributed by atoms with Gasteiger partial charge in [-0.05, 0) is 6.42 Å². The lowest BCUT2D eigenvalue weighted by molar-refractivity contribution is -0.181. The molecule has 4 bridgehead atoms. The summed E-state index contributed by atoms with van der Waals surface area (Å²) in [5.74, 6) is -0.310. The standard InChI is InChI=1S/C13H20O5/c1-2-3-9(14)18-11-4-10(15)5-12(16,7-11)13(17,6-10)8-11/h15-17H,2-8H2,1H3. The van der Waals surface area contributed by atoms with Gasteiger partial charge in [-0.2, -0.15) is 0 Å². The Balaban J connectivity index is 1.87. The van der Waals surface area contributed by atoms with Gasteiger partial charge in [0.15, 0.2) is 0 Å². The number of ether oxygens (including phenoxy) is 1. The van der Waals surface area contributed by atoms with Gasteiger partial charge in [-0.1, -0.05) is 6.92 Å². The van der Waals surface area contributed by atoms with E-state index in [0.717, 1.165) is 0 Å². The molecule has 5 nitrogen and oxygen atoms in total. The first-order valence-electron chi connectivity index (χ1n) is 6.63. The second-order valence-corrected chi connectivity index (χ2v) is 6.58. The second kappa shape index (κ2) is 3.26. The molecule has 0 spiro atoms. The van der Waals surface area contributed by atoms with Crippen LogP contribution in [0.2, 0.25) is 0 Å². The number of aliphatic hydroxyl groups is 3. The smallest absolute Gasteiger partial charge is 0.306 e. The molecule has 4 rings (SSSR count). The molecule has 3 N–H and O–H groups in total. The Morgan fingerprint density at radius 3 is 2.06 bits per heavy atom. The minimum atomic E-state index is -1.30. The van der Waals surface area contributed by atoms with Crippen molar-refractivity contribution in [1.82, 2.24) is 0 Å². The summed E-state index contributed by atoms with van der Waals surface area (Å²) in [5, 5.41) is 31.3. The third-order valence-electron chi connectivity index (χ3n) is 4.77. The van der Waals surface area contributed by atoms with E-state index in [1.54, 1.807) is 0 Å². The molecule has 4 aliphatic carbocycles. The predicted octanol–water partition coefficient (Wildman–Crippen LogP) is 0.253. The van der Waals surface area contributed by atoms with Crippen LogP contribution in [0.1, 0.15) is 51.9 Å². The SMILES string of the molecule is CCCC(=O)OC12CC3(O)CC(O)(C1)C(O)(C3)C2. The van der Waals surface area contributed by atoms with Crippen molar-refractivity contribution in [1.29, 1.82) is 0 Å². The van der Waals surface area contributed by atoms with Crippen molar-refractivity contribution in [3.05, 3.63) is 0 Å². The molecule has 0 radical (unpaired) electrons. The lowest BCUT2D eigenvalue weighted by atomic mass is 9.74. The van der Waals surface area contributed by atoms with Crippen LogP contribution in [0.5, 0.6) is 0 Å². The zero-order valence-corrected chi connectivity index (χ0v) is 10.6. The second-order valence-electron chi connectivity index (χ2n) is 6.58. The molecule has 0 aromatic carbocycles. The van der Waals surface area contributed by atoms with Gasteiger partial charge in [-0.15, -0.1) is 0 Å². The lowest BCUT2D eigenvalue weighted by Crippen LogP contribution is -2.50. The van der Waals surface area contributed by atoms with Crippen molar-refractivity contribution in [2.45, 2.75) is 74.3 Å². The highest BCUT2D eigenvalue weighted by molar-refractivity contribution is 5.70. The molecule has 0 aromatic heterocycles. The Morgan fingerprint density at radius 2 is 1.61 bits per heavy atom. The first kappa shape index (κ1) is 12.4. The Kier molecular flexibility index (Phi) is 2.25. The third-order valence-corrected chi connectivity index (χ3v) is 4.77. The molecule has 2 atom stereocenters. The fraction of sp³-hybridized carbons (Fsp3) is 0.923. The van der Waals surface area contributed by atoms with Crippen molar-refractivity contribution >= 4 is 5.97 Å². The van der Waals surface area contributed by atoms with Gasteiger partial charge in [0.2, 0.25) is 0 Å². The molecule has 0 amide bonds. The van der Waals surface area contributed by atoms with Gasteiger partial charge in [-0.3, -0.25) is 4.79 Å². The highest BCUT2D eigenvalue weighted by Gasteiger charge is 2.77. The van der Waals surface area contributed by atoms with Crippen molar-refractivity contribution in [3.63, 3.8) is 0 Å². The van der Waals surface area contributed by atoms with Gasteiger partial charge < -0.3 is 20.1 Å². The Morgan fingerprint density at radius 1 is 1.06 bits per heavy atom. The zero-order valence-electron chi connectivity index (χ0n) is 10.6. The van der Waals surface area contributed by atoms with E-state index >= 15 is 0 Å². The average molecular weight is 256 g/mol. The monoisotopic (exact) mass is 256 g/mol. The van der Waals surface area contributed by atoms with Crippen LogP contribution in [0.3, 0.4) is 0 Å². The van der Waals surface area contributed by atoms with E-state index in [4.69, 9.17) is 4.74 Å². The summed E-state index contributed by atoms with van der Waals surface area (Å²) in [6, 6.07) is 0. The van der Waals surface area contributed by atoms with Gasteiger partial charge in [0.1, 0.15) is 16.8 Å².